The number of ether oxygens (including phenoxy) is 1. The van der Waals surface area contributed by atoms with Crippen LogP contribution in [-0.4, -0.2) is 35.9 Å². The second-order valence-electron chi connectivity index (χ2n) is 5.77. The van der Waals surface area contributed by atoms with Crippen LogP contribution in [0.3, 0.4) is 0 Å². The standard InChI is InChI=1S/C16H23N5O2.ClH/c17-14-19-15(18)21(16(20-14)9-4-5-10-16)23-12-6-11-22-13-7-2-1-3-8-13;/h1-3,7-8H,4-6,9-12H2,(H4,17,18,19,20);1H. The Morgan fingerprint density at radius 1 is 1.08 bits per heavy atom. The van der Waals surface area contributed by atoms with Gasteiger partial charge in [-0.15, -0.1) is 12.4 Å². The van der Waals surface area contributed by atoms with Crippen molar-refractivity contribution in [2.75, 3.05) is 13.2 Å². The molecule has 1 fully saturated rings. The molecule has 1 aromatic rings. The van der Waals surface area contributed by atoms with Crippen LogP contribution in [0.4, 0.5) is 0 Å². The minimum atomic E-state index is -0.476. The molecule has 1 aromatic carbocycles. The number of hydroxylamine groups is 2. The molecule has 7 nitrogen and oxygen atoms in total. The van der Waals surface area contributed by atoms with E-state index in [1.807, 2.05) is 30.3 Å². The topological polar surface area (TPSA) is 98.5 Å². The lowest BCUT2D eigenvalue weighted by Crippen LogP contribution is -2.55. The van der Waals surface area contributed by atoms with Crippen LogP contribution in [0, 0.1) is 0 Å². The van der Waals surface area contributed by atoms with Crippen molar-refractivity contribution in [2.45, 2.75) is 37.8 Å². The van der Waals surface area contributed by atoms with Crippen LogP contribution in [0.25, 0.3) is 0 Å². The van der Waals surface area contributed by atoms with Crippen molar-refractivity contribution in [2.24, 2.45) is 21.5 Å². The van der Waals surface area contributed by atoms with Crippen LogP contribution < -0.4 is 16.2 Å². The first-order valence-corrected chi connectivity index (χ1v) is 8.00. The van der Waals surface area contributed by atoms with E-state index in [4.69, 9.17) is 21.0 Å². The van der Waals surface area contributed by atoms with Gasteiger partial charge < -0.3 is 16.2 Å². The molecule has 132 valence electrons. The summed E-state index contributed by atoms with van der Waals surface area (Å²) >= 11 is 0. The van der Waals surface area contributed by atoms with Crippen molar-refractivity contribution in [3.05, 3.63) is 30.3 Å². The Hall–Kier alpha value is -1.99. The van der Waals surface area contributed by atoms with Gasteiger partial charge in [-0.1, -0.05) is 18.2 Å². The number of benzene rings is 1. The molecular formula is C16H24ClN5O2. The number of guanidine groups is 2. The Bertz CT molecular complexity index is 587. The molecule has 0 aromatic heterocycles. The molecule has 8 heteroatoms. The number of rotatable bonds is 6. The highest BCUT2D eigenvalue weighted by atomic mass is 35.5. The third-order valence-corrected chi connectivity index (χ3v) is 4.06. The van der Waals surface area contributed by atoms with E-state index in [0.717, 1.165) is 37.9 Å². The second-order valence-corrected chi connectivity index (χ2v) is 5.77. The molecule has 3 rings (SSSR count). The van der Waals surface area contributed by atoms with Crippen molar-refractivity contribution in [3.8, 4) is 5.75 Å². The first-order chi connectivity index (χ1) is 11.2. The fourth-order valence-electron chi connectivity index (χ4n) is 3.02. The van der Waals surface area contributed by atoms with Gasteiger partial charge in [-0.3, -0.25) is 4.84 Å². The summed E-state index contributed by atoms with van der Waals surface area (Å²) in [5.41, 5.74) is 11.3. The van der Waals surface area contributed by atoms with E-state index in [0.29, 0.717) is 13.2 Å². The van der Waals surface area contributed by atoms with Crippen molar-refractivity contribution in [1.82, 2.24) is 5.06 Å². The minimum Gasteiger partial charge on any atom is -0.494 e. The number of hydrogen-bond donors (Lipinski definition) is 2. The fraction of sp³-hybridized carbons (Fsp3) is 0.500. The highest BCUT2D eigenvalue weighted by Gasteiger charge is 2.44. The molecule has 0 radical (unpaired) electrons. The van der Waals surface area contributed by atoms with Crippen LogP contribution in [0.15, 0.2) is 40.3 Å². The molecule has 0 amide bonds. The normalized spacial score (nSPS) is 18.8. The number of hydrogen-bond acceptors (Lipinski definition) is 7. The highest BCUT2D eigenvalue weighted by Crippen LogP contribution is 2.38. The van der Waals surface area contributed by atoms with Gasteiger partial charge >= 0.3 is 0 Å². The Morgan fingerprint density at radius 3 is 2.50 bits per heavy atom. The molecule has 1 saturated carbocycles. The van der Waals surface area contributed by atoms with Crippen LogP contribution in [0.1, 0.15) is 32.1 Å². The molecule has 0 saturated heterocycles. The smallest absolute Gasteiger partial charge is 0.226 e. The summed E-state index contributed by atoms with van der Waals surface area (Å²) in [6.07, 6.45) is 4.67. The summed E-state index contributed by atoms with van der Waals surface area (Å²) in [5, 5.41) is 1.64. The Kier molecular flexibility index (Phi) is 6.28. The van der Waals surface area contributed by atoms with Gasteiger partial charge in [0.1, 0.15) is 5.75 Å². The van der Waals surface area contributed by atoms with Gasteiger partial charge in [-0.2, -0.15) is 10.1 Å². The van der Waals surface area contributed by atoms with E-state index in [1.165, 1.54) is 0 Å². The van der Waals surface area contributed by atoms with Crippen molar-refractivity contribution >= 4 is 24.3 Å². The van der Waals surface area contributed by atoms with Crippen molar-refractivity contribution in [3.63, 3.8) is 0 Å². The van der Waals surface area contributed by atoms with Gasteiger partial charge in [0.05, 0.1) is 13.2 Å². The van der Waals surface area contributed by atoms with Crippen molar-refractivity contribution in [1.29, 1.82) is 0 Å². The fourth-order valence-corrected chi connectivity index (χ4v) is 3.02. The zero-order valence-electron chi connectivity index (χ0n) is 13.6. The molecule has 1 aliphatic carbocycles. The van der Waals surface area contributed by atoms with Gasteiger partial charge in [0.25, 0.3) is 0 Å². The first kappa shape index (κ1) is 18.4. The third kappa shape index (κ3) is 4.10. The summed E-state index contributed by atoms with van der Waals surface area (Å²) < 4.78 is 5.65. The Morgan fingerprint density at radius 2 is 1.79 bits per heavy atom. The van der Waals surface area contributed by atoms with E-state index in [9.17, 15) is 0 Å². The summed E-state index contributed by atoms with van der Waals surface area (Å²) in [4.78, 5) is 14.4. The lowest BCUT2D eigenvalue weighted by atomic mass is 10.1. The number of nitrogens with zero attached hydrogens (tertiary/aromatic N) is 3. The zero-order chi connectivity index (χ0) is 16.1. The zero-order valence-corrected chi connectivity index (χ0v) is 14.4. The number of nitrogens with two attached hydrogens (primary N) is 2. The summed E-state index contributed by atoms with van der Waals surface area (Å²) in [6, 6.07) is 9.72. The van der Waals surface area contributed by atoms with Crippen LogP contribution >= 0.6 is 12.4 Å². The summed E-state index contributed by atoms with van der Waals surface area (Å²) in [6.45, 7) is 1.06. The van der Waals surface area contributed by atoms with E-state index in [-0.39, 0.29) is 24.3 Å². The van der Waals surface area contributed by atoms with Gasteiger partial charge in [0, 0.05) is 6.42 Å². The molecule has 4 N–H and O–H groups in total. The number of aliphatic imine (C=N–C) groups is 2. The molecule has 1 heterocycles. The van der Waals surface area contributed by atoms with E-state index >= 15 is 0 Å². The first-order valence-electron chi connectivity index (χ1n) is 8.00. The average Bonchev–Trinajstić information content (AvgIpc) is 2.99. The monoisotopic (exact) mass is 353 g/mol. The van der Waals surface area contributed by atoms with E-state index < -0.39 is 5.66 Å². The predicted molar refractivity (Wildman–Crippen MR) is 96.0 cm³/mol. The SMILES string of the molecule is Cl.NC1=NC2(CCCC2)N(OCCCOc2ccccc2)C(N)=N1. The van der Waals surface area contributed by atoms with E-state index in [2.05, 4.69) is 9.98 Å². The number of halogens is 1. The molecule has 0 atom stereocenters. The van der Waals surface area contributed by atoms with Gasteiger partial charge in [0.15, 0.2) is 5.66 Å². The lowest BCUT2D eigenvalue weighted by Gasteiger charge is -2.39. The Labute approximate surface area is 148 Å². The van der Waals surface area contributed by atoms with Gasteiger partial charge in [0.2, 0.25) is 11.9 Å². The highest BCUT2D eigenvalue weighted by molar-refractivity contribution is 5.95. The van der Waals surface area contributed by atoms with E-state index in [1.54, 1.807) is 5.06 Å². The molecule has 1 aliphatic heterocycles. The quantitative estimate of drug-likeness (QED) is 0.762. The molecule has 0 bridgehead atoms. The van der Waals surface area contributed by atoms with Crippen molar-refractivity contribution < 1.29 is 9.57 Å². The largest absolute Gasteiger partial charge is 0.494 e. The predicted octanol–water partition coefficient (Wildman–Crippen LogP) is 2.02. The minimum absolute atomic E-state index is 0. The van der Waals surface area contributed by atoms with Crippen LogP contribution in [0.2, 0.25) is 0 Å². The maximum Gasteiger partial charge on any atom is 0.226 e. The van der Waals surface area contributed by atoms with Gasteiger partial charge in [-0.25, -0.2) is 4.99 Å². The molecule has 2 aliphatic rings. The van der Waals surface area contributed by atoms with Crippen LogP contribution in [0.5, 0.6) is 5.75 Å². The molecule has 24 heavy (non-hydrogen) atoms. The maximum atomic E-state index is 5.99. The summed E-state index contributed by atoms with van der Waals surface area (Å²) in [5.74, 6) is 1.37. The van der Waals surface area contributed by atoms with Gasteiger partial charge in [-0.05, 0) is 37.8 Å². The molecular weight excluding hydrogens is 330 g/mol. The molecule has 0 unspecified atom stereocenters. The second kappa shape index (κ2) is 8.21. The number of para-hydroxylation sites is 1. The average molecular weight is 354 g/mol. The summed E-state index contributed by atoms with van der Waals surface area (Å²) in [7, 11) is 0. The van der Waals surface area contributed by atoms with Crippen LogP contribution in [-0.2, 0) is 4.84 Å². The Balaban J connectivity index is 0.00000208. The lowest BCUT2D eigenvalue weighted by molar-refractivity contribution is -0.167. The maximum absolute atomic E-state index is 5.99. The third-order valence-electron chi connectivity index (χ3n) is 4.06. The molecule has 1 spiro atoms.